The maximum absolute atomic E-state index is 9.32. The van der Waals surface area contributed by atoms with Crippen molar-refractivity contribution in [2.24, 2.45) is 0 Å². The van der Waals surface area contributed by atoms with Gasteiger partial charge in [-0.1, -0.05) is 0 Å². The first kappa shape index (κ1) is 16.8. The molecule has 8 heteroatoms. The summed E-state index contributed by atoms with van der Waals surface area (Å²) in [5, 5.41) is 15.7. The Morgan fingerprint density at radius 2 is 1.90 bits per heavy atom. The first-order chi connectivity index (χ1) is 9.51. The minimum atomic E-state index is 0.0573. The highest BCUT2D eigenvalue weighted by molar-refractivity contribution is 7.99. The normalized spacial score (nSPS) is 13.7. The van der Waals surface area contributed by atoms with E-state index in [-0.39, 0.29) is 17.9 Å². The van der Waals surface area contributed by atoms with Crippen LogP contribution in [0.1, 0.15) is 13.8 Å². The van der Waals surface area contributed by atoms with Crippen LogP contribution in [0.3, 0.4) is 0 Å². The van der Waals surface area contributed by atoms with E-state index in [2.05, 4.69) is 25.6 Å². The molecule has 0 amide bonds. The van der Waals surface area contributed by atoms with Crippen LogP contribution in [-0.4, -0.2) is 64.9 Å². The molecule has 0 radical (unpaired) electrons. The quantitative estimate of drug-likeness (QED) is 0.653. The van der Waals surface area contributed by atoms with Crippen molar-refractivity contribution in [1.29, 1.82) is 0 Å². The lowest BCUT2D eigenvalue weighted by Gasteiger charge is -2.22. The fourth-order valence-electron chi connectivity index (χ4n) is 1.60. The minimum absolute atomic E-state index is 0.0573. The fourth-order valence-corrected chi connectivity index (χ4v) is 2.23. The van der Waals surface area contributed by atoms with Crippen molar-refractivity contribution in [2.45, 2.75) is 25.1 Å². The zero-order valence-electron chi connectivity index (χ0n) is 12.7. The van der Waals surface area contributed by atoms with Gasteiger partial charge in [-0.05, 0) is 20.1 Å². The smallest absolute Gasteiger partial charge is 0.231 e. The summed E-state index contributed by atoms with van der Waals surface area (Å²) in [5.74, 6) is 1.65. The SMILES string of the molecule is CCNc1nc(NC(C)C(CO)SC)nc(N(C)C)n1. The Bertz CT molecular complexity index is 413. The summed E-state index contributed by atoms with van der Waals surface area (Å²) in [6, 6.07) is 0.0573. The summed E-state index contributed by atoms with van der Waals surface area (Å²) in [6.45, 7) is 4.85. The Morgan fingerprint density at radius 3 is 2.40 bits per heavy atom. The zero-order chi connectivity index (χ0) is 15.1. The number of nitrogens with one attached hydrogen (secondary N) is 2. The Kier molecular flexibility index (Phi) is 6.80. The Balaban J connectivity index is 2.92. The first-order valence-electron chi connectivity index (χ1n) is 6.59. The molecule has 0 aliphatic carbocycles. The molecule has 1 aromatic heterocycles. The number of aliphatic hydroxyl groups excluding tert-OH is 1. The van der Waals surface area contributed by atoms with Gasteiger partial charge < -0.3 is 20.6 Å². The minimum Gasteiger partial charge on any atom is -0.395 e. The van der Waals surface area contributed by atoms with E-state index >= 15 is 0 Å². The van der Waals surface area contributed by atoms with E-state index in [1.165, 1.54) is 0 Å². The molecule has 0 aliphatic heterocycles. The van der Waals surface area contributed by atoms with Crippen molar-refractivity contribution in [3.05, 3.63) is 0 Å². The van der Waals surface area contributed by atoms with Crippen molar-refractivity contribution in [2.75, 3.05) is 49.0 Å². The van der Waals surface area contributed by atoms with E-state index in [0.29, 0.717) is 17.8 Å². The second-order valence-corrected chi connectivity index (χ2v) is 5.67. The molecule has 114 valence electrons. The van der Waals surface area contributed by atoms with E-state index in [4.69, 9.17) is 0 Å². The van der Waals surface area contributed by atoms with Crippen LogP contribution >= 0.6 is 11.8 Å². The van der Waals surface area contributed by atoms with E-state index in [9.17, 15) is 5.11 Å². The second-order valence-electron chi connectivity index (χ2n) is 4.60. The Morgan fingerprint density at radius 1 is 1.25 bits per heavy atom. The third-order valence-electron chi connectivity index (χ3n) is 2.76. The van der Waals surface area contributed by atoms with Gasteiger partial charge in [-0.25, -0.2) is 0 Å². The number of nitrogens with zero attached hydrogens (tertiary/aromatic N) is 4. The molecule has 1 aromatic rings. The highest BCUT2D eigenvalue weighted by Crippen LogP contribution is 2.16. The average molecular weight is 300 g/mol. The summed E-state index contributed by atoms with van der Waals surface area (Å²) in [6.07, 6.45) is 1.97. The van der Waals surface area contributed by atoms with Gasteiger partial charge in [0.15, 0.2) is 0 Å². The summed E-state index contributed by atoms with van der Waals surface area (Å²) in [5.41, 5.74) is 0. The molecule has 7 nitrogen and oxygen atoms in total. The molecule has 0 aromatic carbocycles. The lowest BCUT2D eigenvalue weighted by atomic mass is 10.2. The predicted molar refractivity (Wildman–Crippen MR) is 85.8 cm³/mol. The molecule has 0 aliphatic rings. The Hall–Kier alpha value is -1.28. The van der Waals surface area contributed by atoms with Crippen molar-refractivity contribution >= 4 is 29.6 Å². The number of thioether (sulfide) groups is 1. The highest BCUT2D eigenvalue weighted by Gasteiger charge is 2.17. The molecule has 3 N–H and O–H groups in total. The van der Waals surface area contributed by atoms with E-state index in [1.54, 1.807) is 11.8 Å². The van der Waals surface area contributed by atoms with Crippen LogP contribution in [0.15, 0.2) is 0 Å². The van der Waals surface area contributed by atoms with Gasteiger partial charge in [-0.15, -0.1) is 0 Å². The van der Waals surface area contributed by atoms with Gasteiger partial charge in [0.1, 0.15) is 0 Å². The number of hydrogen-bond donors (Lipinski definition) is 3. The molecule has 0 saturated carbocycles. The predicted octanol–water partition coefficient (Wildman–Crippen LogP) is 0.894. The topological polar surface area (TPSA) is 86.2 Å². The number of aliphatic hydroxyl groups is 1. The van der Waals surface area contributed by atoms with Crippen LogP contribution < -0.4 is 15.5 Å². The van der Waals surface area contributed by atoms with E-state index in [0.717, 1.165) is 6.54 Å². The van der Waals surface area contributed by atoms with Crippen molar-refractivity contribution in [1.82, 2.24) is 15.0 Å². The van der Waals surface area contributed by atoms with Gasteiger partial charge >= 0.3 is 0 Å². The Labute approximate surface area is 124 Å². The molecule has 2 unspecified atom stereocenters. The summed E-state index contributed by atoms with van der Waals surface area (Å²) < 4.78 is 0. The molecule has 0 spiro atoms. The molecule has 0 bridgehead atoms. The average Bonchev–Trinajstić information content (AvgIpc) is 2.40. The molecule has 1 heterocycles. The van der Waals surface area contributed by atoms with Crippen molar-refractivity contribution < 1.29 is 5.11 Å². The number of aromatic nitrogens is 3. The largest absolute Gasteiger partial charge is 0.395 e. The van der Waals surface area contributed by atoms with Crippen LogP contribution in [0.4, 0.5) is 17.8 Å². The lowest BCUT2D eigenvalue weighted by Crippen LogP contribution is -2.32. The van der Waals surface area contributed by atoms with Crippen LogP contribution in [0.2, 0.25) is 0 Å². The van der Waals surface area contributed by atoms with Crippen molar-refractivity contribution in [3.63, 3.8) is 0 Å². The molecule has 20 heavy (non-hydrogen) atoms. The van der Waals surface area contributed by atoms with E-state index < -0.39 is 0 Å². The zero-order valence-corrected chi connectivity index (χ0v) is 13.5. The van der Waals surface area contributed by atoms with Gasteiger partial charge in [0.25, 0.3) is 0 Å². The van der Waals surface area contributed by atoms with E-state index in [1.807, 2.05) is 39.1 Å². The molecular formula is C12H24N6OS. The van der Waals surface area contributed by atoms with Crippen molar-refractivity contribution in [3.8, 4) is 0 Å². The maximum Gasteiger partial charge on any atom is 0.231 e. The fraction of sp³-hybridized carbons (Fsp3) is 0.750. The maximum atomic E-state index is 9.32. The van der Waals surface area contributed by atoms with Crippen LogP contribution in [-0.2, 0) is 0 Å². The van der Waals surface area contributed by atoms with Gasteiger partial charge in [-0.2, -0.15) is 26.7 Å². The van der Waals surface area contributed by atoms with Gasteiger partial charge in [0, 0.05) is 31.9 Å². The monoisotopic (exact) mass is 300 g/mol. The molecule has 2 atom stereocenters. The van der Waals surface area contributed by atoms with Crippen LogP contribution in [0, 0.1) is 0 Å². The van der Waals surface area contributed by atoms with Crippen LogP contribution in [0.5, 0.6) is 0 Å². The van der Waals surface area contributed by atoms with Gasteiger partial charge in [0.2, 0.25) is 17.8 Å². The molecular weight excluding hydrogens is 276 g/mol. The third-order valence-corrected chi connectivity index (χ3v) is 3.92. The highest BCUT2D eigenvalue weighted by atomic mass is 32.2. The summed E-state index contributed by atoms with van der Waals surface area (Å²) in [4.78, 5) is 14.8. The standard InChI is InChI=1S/C12H24N6OS/c1-6-13-10-15-11(17-12(16-10)18(3)4)14-8(2)9(7-19)20-5/h8-9,19H,6-7H2,1-5H3,(H2,13,14,15,16,17). The van der Waals surface area contributed by atoms with Crippen LogP contribution in [0.25, 0.3) is 0 Å². The first-order valence-corrected chi connectivity index (χ1v) is 7.88. The number of anilines is 3. The lowest BCUT2D eigenvalue weighted by molar-refractivity contribution is 0.288. The molecule has 1 rings (SSSR count). The third kappa shape index (κ3) is 4.68. The van der Waals surface area contributed by atoms with Gasteiger partial charge in [-0.3, -0.25) is 0 Å². The number of rotatable bonds is 8. The summed E-state index contributed by atoms with van der Waals surface area (Å²) >= 11 is 1.61. The van der Waals surface area contributed by atoms with Gasteiger partial charge in [0.05, 0.1) is 6.61 Å². The summed E-state index contributed by atoms with van der Waals surface area (Å²) in [7, 11) is 3.77. The second kappa shape index (κ2) is 8.11. The molecule has 0 saturated heterocycles. The molecule has 0 fully saturated rings. The number of hydrogen-bond acceptors (Lipinski definition) is 8.